The number of nitrogens with zero attached hydrogens (tertiary/aromatic N) is 1. The predicted octanol–water partition coefficient (Wildman–Crippen LogP) is 1.46. The summed E-state index contributed by atoms with van der Waals surface area (Å²) in [5.41, 5.74) is -0.143. The van der Waals surface area contributed by atoms with Crippen LogP contribution in [0.25, 0.3) is 0 Å². The maximum absolute atomic E-state index is 11.5. The average molecular weight is 344 g/mol. The molecule has 102 valence electrons. The van der Waals surface area contributed by atoms with Crippen molar-refractivity contribution in [1.82, 2.24) is 14.9 Å². The Morgan fingerprint density at radius 1 is 1.47 bits per heavy atom. The van der Waals surface area contributed by atoms with Gasteiger partial charge < -0.3 is 5.32 Å². The molecule has 7 heteroatoms. The summed E-state index contributed by atoms with van der Waals surface area (Å²) in [6.45, 7) is 3.66. The molecule has 0 fully saturated rings. The molecule has 2 heterocycles. The highest BCUT2D eigenvalue weighted by atomic mass is 79.9. The fraction of sp³-hybridized carbons (Fsp3) is 0.333. The van der Waals surface area contributed by atoms with E-state index in [1.807, 2.05) is 5.38 Å². The van der Waals surface area contributed by atoms with Crippen LogP contribution in [0, 0.1) is 6.92 Å². The monoisotopic (exact) mass is 343 g/mol. The number of rotatable bonds is 5. The molecule has 0 amide bonds. The largest absolute Gasteiger partial charge is 0.328 e. The molecule has 0 radical (unpaired) electrons. The first-order valence-electron chi connectivity index (χ1n) is 5.80. The van der Waals surface area contributed by atoms with Crippen molar-refractivity contribution in [3.05, 3.63) is 53.4 Å². The van der Waals surface area contributed by atoms with Crippen LogP contribution < -0.4 is 16.6 Å². The molecule has 0 aliphatic rings. The number of halogens is 1. The van der Waals surface area contributed by atoms with E-state index in [4.69, 9.17) is 0 Å². The molecule has 0 aliphatic heterocycles. The molecule has 19 heavy (non-hydrogen) atoms. The van der Waals surface area contributed by atoms with Gasteiger partial charge >= 0.3 is 5.69 Å². The van der Waals surface area contributed by atoms with Crippen LogP contribution in [0.15, 0.2) is 31.7 Å². The normalized spacial score (nSPS) is 10.8. The third-order valence-electron chi connectivity index (χ3n) is 2.64. The quantitative estimate of drug-likeness (QED) is 0.807. The minimum Gasteiger partial charge on any atom is -0.310 e. The maximum atomic E-state index is 11.5. The van der Waals surface area contributed by atoms with Crippen LogP contribution in [0.3, 0.4) is 0 Å². The van der Waals surface area contributed by atoms with Gasteiger partial charge in [-0.3, -0.25) is 14.3 Å². The van der Waals surface area contributed by atoms with Gasteiger partial charge in [0.25, 0.3) is 5.56 Å². The highest BCUT2D eigenvalue weighted by molar-refractivity contribution is 9.10. The molecule has 5 nitrogen and oxygen atoms in total. The zero-order chi connectivity index (χ0) is 13.8. The molecule has 0 saturated heterocycles. The Balaban J connectivity index is 1.88. The van der Waals surface area contributed by atoms with E-state index in [-0.39, 0.29) is 11.2 Å². The third kappa shape index (κ3) is 3.89. The summed E-state index contributed by atoms with van der Waals surface area (Å²) in [5.74, 6) is 0. The molecule has 0 atom stereocenters. The fourth-order valence-corrected chi connectivity index (χ4v) is 3.06. The van der Waals surface area contributed by atoms with Gasteiger partial charge in [-0.05, 0) is 28.9 Å². The van der Waals surface area contributed by atoms with Gasteiger partial charge in [0.2, 0.25) is 0 Å². The van der Waals surface area contributed by atoms with Gasteiger partial charge in [-0.25, -0.2) is 4.79 Å². The van der Waals surface area contributed by atoms with Crippen LogP contribution in [0.2, 0.25) is 0 Å². The number of hydrogen-bond donors (Lipinski definition) is 2. The highest BCUT2D eigenvalue weighted by Gasteiger charge is 2.01. The van der Waals surface area contributed by atoms with E-state index >= 15 is 0 Å². The van der Waals surface area contributed by atoms with Gasteiger partial charge in [-0.2, -0.15) is 0 Å². The van der Waals surface area contributed by atoms with Crippen molar-refractivity contribution in [2.75, 3.05) is 6.54 Å². The van der Waals surface area contributed by atoms with Crippen molar-refractivity contribution in [3.8, 4) is 0 Å². The van der Waals surface area contributed by atoms with Gasteiger partial charge in [0.1, 0.15) is 0 Å². The SMILES string of the molecule is Cc1cn(CCNCc2cc(Br)cs2)c(=O)[nH]c1=O. The molecule has 0 unspecified atom stereocenters. The van der Waals surface area contributed by atoms with E-state index in [1.165, 1.54) is 9.44 Å². The lowest BCUT2D eigenvalue weighted by Gasteiger charge is -2.06. The molecular formula is C12H14BrN3O2S. The number of nitrogens with one attached hydrogen (secondary N) is 2. The topological polar surface area (TPSA) is 66.9 Å². The smallest absolute Gasteiger partial charge is 0.310 e. The molecule has 0 saturated carbocycles. The van der Waals surface area contributed by atoms with Gasteiger partial charge in [-0.1, -0.05) is 0 Å². The molecule has 2 rings (SSSR count). The van der Waals surface area contributed by atoms with Gasteiger partial charge in [0.15, 0.2) is 0 Å². The van der Waals surface area contributed by atoms with Crippen molar-refractivity contribution in [3.63, 3.8) is 0 Å². The first-order valence-corrected chi connectivity index (χ1v) is 7.47. The van der Waals surface area contributed by atoms with Gasteiger partial charge in [0.05, 0.1) is 0 Å². The Morgan fingerprint density at radius 2 is 2.26 bits per heavy atom. The lowest BCUT2D eigenvalue weighted by atomic mass is 10.4. The van der Waals surface area contributed by atoms with E-state index in [0.29, 0.717) is 18.7 Å². The summed E-state index contributed by atoms with van der Waals surface area (Å²) in [4.78, 5) is 26.3. The molecule has 0 spiro atoms. The van der Waals surface area contributed by atoms with Crippen LogP contribution in [0.4, 0.5) is 0 Å². The van der Waals surface area contributed by atoms with Crippen LogP contribution in [0.1, 0.15) is 10.4 Å². The second-order valence-corrected chi connectivity index (χ2v) is 6.08. The summed E-state index contributed by atoms with van der Waals surface area (Å²) in [6.07, 6.45) is 1.59. The minimum absolute atomic E-state index is 0.322. The van der Waals surface area contributed by atoms with Crippen LogP contribution in [0.5, 0.6) is 0 Å². The minimum atomic E-state index is -0.365. The van der Waals surface area contributed by atoms with Crippen molar-refractivity contribution in [2.45, 2.75) is 20.0 Å². The van der Waals surface area contributed by atoms with Crippen LogP contribution in [-0.4, -0.2) is 16.1 Å². The summed E-state index contributed by atoms with van der Waals surface area (Å²) in [5, 5.41) is 5.30. The Hall–Kier alpha value is -1.18. The third-order valence-corrected chi connectivity index (χ3v) is 4.34. The van der Waals surface area contributed by atoms with E-state index < -0.39 is 0 Å². The molecule has 2 aromatic rings. The lowest BCUT2D eigenvalue weighted by molar-refractivity contribution is 0.574. The fourth-order valence-electron chi connectivity index (χ4n) is 1.64. The molecule has 0 aromatic carbocycles. The zero-order valence-electron chi connectivity index (χ0n) is 10.4. The van der Waals surface area contributed by atoms with Gasteiger partial charge in [0, 0.05) is 46.1 Å². The summed E-state index contributed by atoms with van der Waals surface area (Å²) in [6, 6.07) is 2.06. The second-order valence-electron chi connectivity index (χ2n) is 4.17. The van der Waals surface area contributed by atoms with Crippen LogP contribution >= 0.6 is 27.3 Å². The second kappa shape index (κ2) is 6.31. The van der Waals surface area contributed by atoms with Crippen molar-refractivity contribution >= 4 is 27.3 Å². The number of H-pyrrole nitrogens is 1. The molecular weight excluding hydrogens is 330 g/mol. The molecule has 2 aromatic heterocycles. The van der Waals surface area contributed by atoms with E-state index in [0.717, 1.165) is 11.0 Å². The molecule has 2 N–H and O–H groups in total. The number of hydrogen-bond acceptors (Lipinski definition) is 4. The Labute approximate surface area is 122 Å². The van der Waals surface area contributed by atoms with Crippen molar-refractivity contribution < 1.29 is 0 Å². The summed E-state index contributed by atoms with van der Waals surface area (Å²) in [7, 11) is 0. The van der Waals surface area contributed by atoms with E-state index in [1.54, 1.807) is 24.5 Å². The first-order chi connectivity index (χ1) is 9.06. The zero-order valence-corrected chi connectivity index (χ0v) is 12.8. The first kappa shape index (κ1) is 14.2. The van der Waals surface area contributed by atoms with E-state index in [2.05, 4.69) is 32.3 Å². The van der Waals surface area contributed by atoms with Gasteiger partial charge in [-0.15, -0.1) is 11.3 Å². The average Bonchev–Trinajstić information content (AvgIpc) is 2.77. The van der Waals surface area contributed by atoms with Crippen molar-refractivity contribution in [1.29, 1.82) is 0 Å². The number of aromatic nitrogens is 2. The van der Waals surface area contributed by atoms with Crippen molar-refractivity contribution in [2.24, 2.45) is 0 Å². The highest BCUT2D eigenvalue weighted by Crippen LogP contribution is 2.19. The Kier molecular flexibility index (Phi) is 4.73. The summed E-state index contributed by atoms with van der Waals surface area (Å²) >= 11 is 5.08. The summed E-state index contributed by atoms with van der Waals surface area (Å²) < 4.78 is 2.59. The molecule has 0 aliphatic carbocycles. The van der Waals surface area contributed by atoms with Crippen LogP contribution in [-0.2, 0) is 13.1 Å². The number of aryl methyl sites for hydroxylation is 1. The van der Waals surface area contributed by atoms with E-state index in [9.17, 15) is 9.59 Å². The Bertz CT molecular complexity index is 674. The Morgan fingerprint density at radius 3 is 2.95 bits per heavy atom. The standard InChI is InChI=1S/C12H14BrN3O2S/c1-8-6-16(12(18)15-11(8)17)3-2-14-5-10-4-9(13)7-19-10/h4,6-7,14H,2-3,5H2,1H3,(H,15,17,18). The predicted molar refractivity (Wildman–Crippen MR) is 79.8 cm³/mol. The lowest BCUT2D eigenvalue weighted by Crippen LogP contribution is -2.33. The molecule has 0 bridgehead atoms. The number of thiophene rings is 1. The maximum Gasteiger partial charge on any atom is 0.328 e. The number of aromatic amines is 1.